The molecule has 0 radical (unpaired) electrons. The maximum atomic E-state index is 14.5. The summed E-state index contributed by atoms with van der Waals surface area (Å²) in [5, 5.41) is 47.5. The van der Waals surface area contributed by atoms with E-state index < -0.39 is 41.2 Å². The van der Waals surface area contributed by atoms with Crippen LogP contribution in [0.25, 0.3) is 17.0 Å². The fourth-order valence-electron chi connectivity index (χ4n) is 13.3. The van der Waals surface area contributed by atoms with Gasteiger partial charge < -0.3 is 49.9 Å². The highest BCUT2D eigenvalue weighted by atomic mass is 16.5. The number of aromatic nitrogens is 2. The Labute approximate surface area is 475 Å². The van der Waals surface area contributed by atoms with Gasteiger partial charge in [-0.25, -0.2) is 9.48 Å². The van der Waals surface area contributed by atoms with Crippen LogP contribution in [0.2, 0.25) is 0 Å². The van der Waals surface area contributed by atoms with Crippen LogP contribution in [-0.4, -0.2) is 252 Å². The van der Waals surface area contributed by atoms with Crippen LogP contribution in [0.4, 0.5) is 0 Å². The van der Waals surface area contributed by atoms with Crippen molar-refractivity contribution in [3.63, 3.8) is 0 Å². The molecule has 4 saturated carbocycles. The lowest BCUT2D eigenvalue weighted by molar-refractivity contribution is -0.163. The normalized spacial score (nSPS) is 23.9. The maximum absolute atomic E-state index is 14.5. The van der Waals surface area contributed by atoms with Crippen LogP contribution in [0.5, 0.6) is 11.5 Å². The lowest BCUT2D eigenvalue weighted by atomic mass is 9.48. The molecule has 2 heterocycles. The molecular weight excluding hydrogens is 1040 g/mol. The Kier molecular flexibility index (Phi) is 21.5. The summed E-state index contributed by atoms with van der Waals surface area (Å²) in [7, 11) is 8.68. The summed E-state index contributed by atoms with van der Waals surface area (Å²) in [6, 6.07) is 7.10. The van der Waals surface area contributed by atoms with E-state index >= 15 is 0 Å². The molecule has 6 aliphatic rings. The highest BCUT2D eigenvalue weighted by Crippen LogP contribution is 2.58. The smallest absolute Gasteiger partial charge is 0.330 e. The number of likely N-dealkylation sites (N-methyl/N-ethyl adjacent to an activating group) is 1. The van der Waals surface area contributed by atoms with Crippen LogP contribution in [-0.2, 0) is 28.8 Å². The average molecular weight is 1130 g/mol. The van der Waals surface area contributed by atoms with Crippen LogP contribution in [0, 0.1) is 35.5 Å². The van der Waals surface area contributed by atoms with E-state index in [1.165, 1.54) is 0 Å². The van der Waals surface area contributed by atoms with Crippen molar-refractivity contribution in [2.45, 2.75) is 70.8 Å². The third-order valence-corrected chi connectivity index (χ3v) is 17.5. The summed E-state index contributed by atoms with van der Waals surface area (Å²) in [6.07, 6.45) is 9.89. The molecule has 5 N–H and O–H groups in total. The molecule has 0 spiro atoms. The number of ether oxygens (including phenoxy) is 2. The van der Waals surface area contributed by atoms with Crippen molar-refractivity contribution in [1.82, 2.24) is 49.4 Å². The van der Waals surface area contributed by atoms with Gasteiger partial charge in [0.1, 0.15) is 17.0 Å². The molecule has 23 heteroatoms. The molecule has 3 amide bonds. The molecule has 446 valence electrons. The van der Waals surface area contributed by atoms with Gasteiger partial charge in [-0.3, -0.25) is 48.4 Å². The van der Waals surface area contributed by atoms with Gasteiger partial charge in [0.25, 0.3) is 5.91 Å². The first kappa shape index (κ1) is 62.2. The zero-order valence-corrected chi connectivity index (χ0v) is 48.4. The minimum atomic E-state index is -1.37. The molecule has 5 fully saturated rings. The summed E-state index contributed by atoms with van der Waals surface area (Å²) in [5.41, 5.74) is 1.43. The van der Waals surface area contributed by atoms with Crippen molar-refractivity contribution >= 4 is 47.3 Å². The zero-order chi connectivity index (χ0) is 58.7. The lowest BCUT2D eigenvalue weighted by Crippen LogP contribution is -2.70. The number of hydrogen-bond donors (Lipinski definition) is 5. The van der Waals surface area contributed by atoms with Crippen LogP contribution in [0.1, 0.15) is 75.7 Å². The van der Waals surface area contributed by atoms with Crippen molar-refractivity contribution in [3.05, 3.63) is 47.7 Å². The van der Waals surface area contributed by atoms with Crippen molar-refractivity contribution in [2.24, 2.45) is 35.5 Å². The SMILES string of the molecule is COc1cccc(OC)c1-c1cc(C(=O)NC2(C(=O)O)C3CC4CC(C3)CC2C4)nn1C1=C(C(C)C)CC(C(=O)N(C)CCCN(C)CCCN(C)C(=O)CN2CCN(CC(=O)O)CCN(CC(=O)O)CCN(CC(=O)O)CC2)C=C1. The number of carboxylic acid groups (broad SMARTS) is 4. The monoisotopic (exact) mass is 1130 g/mol. The van der Waals surface area contributed by atoms with Crippen molar-refractivity contribution in [3.8, 4) is 22.8 Å². The highest BCUT2D eigenvalue weighted by Gasteiger charge is 2.62. The van der Waals surface area contributed by atoms with Crippen molar-refractivity contribution in [1.29, 1.82) is 0 Å². The molecule has 81 heavy (non-hydrogen) atoms. The summed E-state index contributed by atoms with van der Waals surface area (Å²) in [5.74, 6) is -3.56. The second-order valence-corrected chi connectivity index (χ2v) is 23.4. The van der Waals surface area contributed by atoms with E-state index in [4.69, 9.17) is 14.6 Å². The topological polar surface area (TPSA) is 271 Å². The predicted molar refractivity (Wildman–Crippen MR) is 302 cm³/mol. The van der Waals surface area contributed by atoms with E-state index in [1.54, 1.807) is 68.6 Å². The Hall–Kier alpha value is -6.40. The third kappa shape index (κ3) is 15.6. The number of carbonyl (C=O) groups is 7. The predicted octanol–water partition coefficient (Wildman–Crippen LogP) is 3.12. The molecule has 5 aliphatic carbocycles. The van der Waals surface area contributed by atoms with Gasteiger partial charge in [-0.15, -0.1) is 0 Å². The van der Waals surface area contributed by atoms with Gasteiger partial charge in [0, 0.05) is 79.5 Å². The van der Waals surface area contributed by atoms with E-state index in [0.29, 0.717) is 125 Å². The summed E-state index contributed by atoms with van der Waals surface area (Å²) >= 11 is 0. The standard InChI is InChI=1S/C58H86N10O13/c1-38(2)44-32-41(13-14-46(44)68-47(54-48(80-6)11-8-12-49(54)81-7)33-45(60-68)55(76)59-58(57(78)79)42-28-39-27-40(30-42)31-43(58)29-39)56(77)63(5)18-10-16-61(3)15-9-17-62(4)50(69)34-64-19-21-65(35-51(70)71)23-25-67(37-53(74)75)26-24-66(22-20-64)36-52(72)73/h8,11-14,33,38-43H,9-10,15-32,34-37H2,1-7H3,(H,59,76)(H,70,71)(H,72,73)(H,74,75)(H,78,79). The Bertz CT molecular complexity index is 2570. The first-order chi connectivity index (χ1) is 38.6. The fourth-order valence-corrected chi connectivity index (χ4v) is 13.3. The summed E-state index contributed by atoms with van der Waals surface area (Å²) in [4.78, 5) is 103. The average Bonchev–Trinajstić information content (AvgIpc) is 3.43. The zero-order valence-electron chi connectivity index (χ0n) is 48.4. The van der Waals surface area contributed by atoms with Crippen LogP contribution in [0.3, 0.4) is 0 Å². The number of nitrogens with zero attached hydrogens (tertiary/aromatic N) is 9. The molecule has 1 atom stereocenters. The number of aliphatic carboxylic acids is 4. The van der Waals surface area contributed by atoms with Gasteiger partial charge in [0.2, 0.25) is 11.8 Å². The third-order valence-electron chi connectivity index (χ3n) is 17.5. The van der Waals surface area contributed by atoms with Crippen LogP contribution >= 0.6 is 0 Å². The Balaban J connectivity index is 0.943. The van der Waals surface area contributed by atoms with E-state index in [0.717, 1.165) is 37.7 Å². The van der Waals surface area contributed by atoms with Crippen molar-refractivity contribution in [2.75, 3.05) is 140 Å². The highest BCUT2D eigenvalue weighted by molar-refractivity contribution is 5.98. The van der Waals surface area contributed by atoms with E-state index in [1.807, 2.05) is 37.2 Å². The van der Waals surface area contributed by atoms with E-state index in [-0.39, 0.29) is 74.5 Å². The van der Waals surface area contributed by atoms with Gasteiger partial charge in [-0.05, 0) is 131 Å². The number of rotatable bonds is 25. The molecule has 1 aliphatic heterocycles. The van der Waals surface area contributed by atoms with Gasteiger partial charge >= 0.3 is 23.9 Å². The van der Waals surface area contributed by atoms with Gasteiger partial charge in [0.15, 0.2) is 5.69 Å². The molecule has 2 aromatic rings. The molecule has 1 unspecified atom stereocenters. The van der Waals surface area contributed by atoms with Crippen molar-refractivity contribution < 1.29 is 63.5 Å². The second kappa shape index (κ2) is 28.1. The molecule has 23 nitrogen and oxygen atoms in total. The van der Waals surface area contributed by atoms with E-state index in [2.05, 4.69) is 24.1 Å². The number of nitrogens with one attached hydrogen (secondary N) is 1. The Morgan fingerprint density at radius 2 is 1.15 bits per heavy atom. The van der Waals surface area contributed by atoms with Gasteiger partial charge in [-0.1, -0.05) is 26.0 Å². The number of carbonyl (C=O) groups excluding carboxylic acids is 3. The van der Waals surface area contributed by atoms with Gasteiger partial charge in [0.05, 0.1) is 63.3 Å². The minimum absolute atomic E-state index is 0.0254. The first-order valence-electron chi connectivity index (χ1n) is 28.6. The number of benzene rings is 1. The van der Waals surface area contributed by atoms with Crippen LogP contribution in [0.15, 0.2) is 42.0 Å². The maximum Gasteiger partial charge on any atom is 0.330 e. The lowest BCUT2D eigenvalue weighted by Gasteiger charge is -2.59. The van der Waals surface area contributed by atoms with E-state index in [9.17, 15) is 54.0 Å². The molecule has 1 aromatic carbocycles. The summed E-state index contributed by atoms with van der Waals surface area (Å²) in [6.45, 7) is 8.37. The second-order valence-electron chi connectivity index (χ2n) is 23.4. The van der Waals surface area contributed by atoms with Gasteiger partial charge in [-0.2, -0.15) is 5.10 Å². The Morgan fingerprint density at radius 1 is 0.679 bits per heavy atom. The number of hydrogen-bond acceptors (Lipinski definition) is 15. The Morgan fingerprint density at radius 3 is 1.59 bits per heavy atom. The number of amides is 3. The molecule has 1 aromatic heterocycles. The fraction of sp³-hybridized carbons (Fsp3) is 0.655. The van der Waals surface area contributed by atoms with Crippen LogP contribution < -0.4 is 14.8 Å². The largest absolute Gasteiger partial charge is 0.496 e. The number of methoxy groups -OCH3 is 2. The number of carboxylic acids is 4. The minimum Gasteiger partial charge on any atom is -0.496 e. The quantitative estimate of drug-likeness (QED) is 0.0956. The first-order valence-corrected chi connectivity index (χ1v) is 28.6. The number of allylic oxidation sites excluding steroid dienone is 3. The summed E-state index contributed by atoms with van der Waals surface area (Å²) < 4.78 is 13.4. The molecular formula is C58H86N10O13. The molecule has 8 rings (SSSR count). The molecule has 4 bridgehead atoms. The molecule has 1 saturated heterocycles.